The maximum atomic E-state index is 11.7. The number of nitrogens with one attached hydrogen (secondary N) is 1. The van der Waals surface area contributed by atoms with Gasteiger partial charge in [0.05, 0.1) is 12.2 Å². The summed E-state index contributed by atoms with van der Waals surface area (Å²) in [7, 11) is 0. The quantitative estimate of drug-likeness (QED) is 0.633. The van der Waals surface area contributed by atoms with Crippen molar-refractivity contribution in [3.05, 3.63) is 65.5 Å². The monoisotopic (exact) mass is 268 g/mol. The summed E-state index contributed by atoms with van der Waals surface area (Å²) in [5.41, 5.74) is 3.07. The van der Waals surface area contributed by atoms with E-state index in [0.29, 0.717) is 11.1 Å². The maximum Gasteiger partial charge on any atom is 0.271 e. The molecular formula is C14H10N3O3-. The highest BCUT2D eigenvalue weighted by molar-refractivity contribution is 5.98. The second kappa shape index (κ2) is 6.24. The Morgan fingerprint density at radius 1 is 1.15 bits per heavy atom. The fourth-order valence-electron chi connectivity index (χ4n) is 1.52. The van der Waals surface area contributed by atoms with E-state index >= 15 is 0 Å². The lowest BCUT2D eigenvalue weighted by Gasteiger charge is -2.05. The van der Waals surface area contributed by atoms with Crippen molar-refractivity contribution in [1.82, 2.24) is 10.4 Å². The lowest BCUT2D eigenvalue weighted by Crippen LogP contribution is -2.24. The molecule has 0 aliphatic heterocycles. The van der Waals surface area contributed by atoms with Crippen LogP contribution in [-0.4, -0.2) is 23.1 Å². The number of carboxylic acid groups (broad SMARTS) is 1. The second-order valence-corrected chi connectivity index (χ2v) is 3.81. The van der Waals surface area contributed by atoms with Crippen molar-refractivity contribution in [2.45, 2.75) is 0 Å². The third-order valence-corrected chi connectivity index (χ3v) is 2.49. The zero-order chi connectivity index (χ0) is 14.4. The Hall–Kier alpha value is -3.02. The summed E-state index contributed by atoms with van der Waals surface area (Å²) in [5.74, 6) is -1.71. The molecule has 20 heavy (non-hydrogen) atoms. The SMILES string of the molecule is O=C(N/N=C\c1ccccc1C(=O)[O-])c1ccncc1. The molecule has 6 heteroatoms. The molecule has 0 aliphatic carbocycles. The molecule has 1 aromatic heterocycles. The van der Waals surface area contributed by atoms with Crippen molar-refractivity contribution in [3.8, 4) is 0 Å². The summed E-state index contributed by atoms with van der Waals surface area (Å²) in [6.07, 6.45) is 4.23. The molecule has 100 valence electrons. The molecule has 0 radical (unpaired) electrons. The topological polar surface area (TPSA) is 94.5 Å². The van der Waals surface area contributed by atoms with Gasteiger partial charge in [-0.15, -0.1) is 0 Å². The van der Waals surface area contributed by atoms with Gasteiger partial charge in [0.2, 0.25) is 0 Å². The lowest BCUT2D eigenvalue weighted by atomic mass is 10.1. The van der Waals surface area contributed by atoms with Gasteiger partial charge in [0, 0.05) is 29.1 Å². The Bertz CT molecular complexity index is 654. The number of pyridine rings is 1. The molecule has 0 fully saturated rings. The van der Waals surface area contributed by atoms with Crippen molar-refractivity contribution in [2.24, 2.45) is 5.10 Å². The number of nitrogens with zero attached hydrogens (tertiary/aromatic N) is 2. The predicted molar refractivity (Wildman–Crippen MR) is 70.1 cm³/mol. The number of hydrazone groups is 1. The van der Waals surface area contributed by atoms with Gasteiger partial charge >= 0.3 is 0 Å². The number of aromatic carboxylic acids is 1. The number of carboxylic acids is 1. The van der Waals surface area contributed by atoms with Crippen LogP contribution in [0.5, 0.6) is 0 Å². The van der Waals surface area contributed by atoms with Gasteiger partial charge < -0.3 is 9.90 Å². The molecule has 0 saturated carbocycles. The Morgan fingerprint density at radius 3 is 2.55 bits per heavy atom. The molecule has 2 rings (SSSR count). The minimum absolute atomic E-state index is 0.00871. The van der Waals surface area contributed by atoms with Gasteiger partial charge in [0.1, 0.15) is 0 Å². The van der Waals surface area contributed by atoms with Crippen LogP contribution in [0, 0.1) is 0 Å². The molecule has 0 atom stereocenters. The third kappa shape index (κ3) is 3.26. The molecule has 0 aliphatic rings. The van der Waals surface area contributed by atoms with E-state index in [1.165, 1.54) is 24.7 Å². The highest BCUT2D eigenvalue weighted by atomic mass is 16.4. The van der Waals surface area contributed by atoms with Crippen LogP contribution in [0.2, 0.25) is 0 Å². The highest BCUT2D eigenvalue weighted by Gasteiger charge is 2.03. The number of hydrogen-bond donors (Lipinski definition) is 1. The van der Waals surface area contributed by atoms with Crippen molar-refractivity contribution in [3.63, 3.8) is 0 Å². The minimum atomic E-state index is -1.30. The molecule has 0 saturated heterocycles. The fraction of sp³-hybridized carbons (Fsp3) is 0. The number of carbonyl (C=O) groups excluding carboxylic acids is 2. The Morgan fingerprint density at radius 2 is 1.85 bits per heavy atom. The summed E-state index contributed by atoms with van der Waals surface area (Å²) >= 11 is 0. The van der Waals surface area contributed by atoms with Gasteiger partial charge in [-0.25, -0.2) is 5.43 Å². The van der Waals surface area contributed by atoms with Crippen molar-refractivity contribution in [1.29, 1.82) is 0 Å². The minimum Gasteiger partial charge on any atom is -0.545 e. The molecule has 0 spiro atoms. The third-order valence-electron chi connectivity index (χ3n) is 2.49. The van der Waals surface area contributed by atoms with Gasteiger partial charge in [-0.1, -0.05) is 24.3 Å². The van der Waals surface area contributed by atoms with E-state index in [-0.39, 0.29) is 5.56 Å². The summed E-state index contributed by atoms with van der Waals surface area (Å²) < 4.78 is 0. The molecule has 1 N–H and O–H groups in total. The van der Waals surface area contributed by atoms with Crippen molar-refractivity contribution in [2.75, 3.05) is 0 Å². The largest absolute Gasteiger partial charge is 0.545 e. The molecule has 0 bridgehead atoms. The number of carbonyl (C=O) groups is 2. The summed E-state index contributed by atoms with van der Waals surface area (Å²) in [6, 6.07) is 9.30. The number of hydrogen-bond acceptors (Lipinski definition) is 5. The first kappa shape index (κ1) is 13.4. The average Bonchev–Trinajstić information content (AvgIpc) is 2.48. The Kier molecular flexibility index (Phi) is 4.18. The standard InChI is InChI=1S/C14H11N3O3/c18-13(10-5-7-15-8-6-10)17-16-9-11-3-1-2-4-12(11)14(19)20/h1-9H,(H,17,18)(H,19,20)/p-1/b16-9-. The van der Waals surface area contributed by atoms with Crippen molar-refractivity contribution < 1.29 is 14.7 Å². The van der Waals surface area contributed by atoms with Gasteiger partial charge in [0.15, 0.2) is 0 Å². The Balaban J connectivity index is 2.08. The van der Waals surface area contributed by atoms with Gasteiger partial charge in [0.25, 0.3) is 5.91 Å². The number of benzene rings is 1. The molecule has 0 unspecified atom stereocenters. The first-order chi connectivity index (χ1) is 9.68. The molecule has 1 amide bonds. The predicted octanol–water partition coefficient (Wildman–Crippen LogP) is 0.209. The number of amides is 1. The summed E-state index contributed by atoms with van der Waals surface area (Å²) in [6.45, 7) is 0. The van der Waals surface area contributed by atoms with Crippen LogP contribution >= 0.6 is 0 Å². The van der Waals surface area contributed by atoms with Crippen LogP contribution in [0.15, 0.2) is 53.9 Å². The van der Waals surface area contributed by atoms with E-state index in [1.807, 2.05) is 0 Å². The first-order valence-corrected chi connectivity index (χ1v) is 5.72. The van der Waals surface area contributed by atoms with Crippen LogP contribution in [0.1, 0.15) is 26.3 Å². The molecule has 1 aromatic carbocycles. The zero-order valence-electron chi connectivity index (χ0n) is 10.3. The molecule has 6 nitrogen and oxygen atoms in total. The number of rotatable bonds is 4. The first-order valence-electron chi connectivity index (χ1n) is 5.72. The van der Waals surface area contributed by atoms with Crippen LogP contribution in [-0.2, 0) is 0 Å². The van der Waals surface area contributed by atoms with Gasteiger partial charge in [-0.3, -0.25) is 9.78 Å². The normalized spacial score (nSPS) is 10.4. The number of aromatic nitrogens is 1. The van der Waals surface area contributed by atoms with E-state index in [2.05, 4.69) is 15.5 Å². The second-order valence-electron chi connectivity index (χ2n) is 3.81. The van der Waals surface area contributed by atoms with E-state index in [0.717, 1.165) is 0 Å². The van der Waals surface area contributed by atoms with Gasteiger partial charge in [-0.05, 0) is 12.1 Å². The smallest absolute Gasteiger partial charge is 0.271 e. The molecule has 1 heterocycles. The maximum absolute atomic E-state index is 11.7. The van der Waals surface area contributed by atoms with Crippen LogP contribution in [0.4, 0.5) is 0 Å². The van der Waals surface area contributed by atoms with E-state index in [4.69, 9.17) is 0 Å². The summed E-state index contributed by atoms with van der Waals surface area (Å²) in [5, 5.41) is 14.6. The van der Waals surface area contributed by atoms with Crippen molar-refractivity contribution >= 4 is 18.1 Å². The molecular weight excluding hydrogens is 258 g/mol. The van der Waals surface area contributed by atoms with E-state index in [9.17, 15) is 14.7 Å². The zero-order valence-corrected chi connectivity index (χ0v) is 10.3. The Labute approximate surface area is 114 Å². The highest BCUT2D eigenvalue weighted by Crippen LogP contribution is 2.04. The fourth-order valence-corrected chi connectivity index (χ4v) is 1.52. The van der Waals surface area contributed by atoms with Crippen LogP contribution < -0.4 is 10.5 Å². The lowest BCUT2D eigenvalue weighted by molar-refractivity contribution is -0.255. The molecule has 2 aromatic rings. The van der Waals surface area contributed by atoms with E-state index < -0.39 is 11.9 Å². The average molecular weight is 268 g/mol. The summed E-state index contributed by atoms with van der Waals surface area (Å²) in [4.78, 5) is 26.3. The van der Waals surface area contributed by atoms with Crippen LogP contribution in [0.3, 0.4) is 0 Å². The van der Waals surface area contributed by atoms with E-state index in [1.54, 1.807) is 30.3 Å². The van der Waals surface area contributed by atoms with Gasteiger partial charge in [-0.2, -0.15) is 5.10 Å². The van der Waals surface area contributed by atoms with Crippen LogP contribution in [0.25, 0.3) is 0 Å².